The van der Waals surface area contributed by atoms with E-state index in [1.807, 2.05) is 12.1 Å². The van der Waals surface area contributed by atoms with Gasteiger partial charge in [-0.25, -0.2) is 4.79 Å². The SMILES string of the molecule is COC(=O)C(=O)N(c1ccc(Oc2ccc(OC(F)(F)F)cc2)cc1)c1ccc(C(C)(C)C)cc1. The molecule has 9 heteroatoms. The Morgan fingerprint density at radius 2 is 1.14 bits per heavy atom. The summed E-state index contributed by atoms with van der Waals surface area (Å²) in [4.78, 5) is 26.0. The summed E-state index contributed by atoms with van der Waals surface area (Å²) in [5.74, 6) is -1.61. The molecule has 0 fully saturated rings. The van der Waals surface area contributed by atoms with Crippen molar-refractivity contribution in [2.24, 2.45) is 0 Å². The molecule has 0 aromatic heterocycles. The zero-order chi connectivity index (χ0) is 25.8. The number of carbonyl (C=O) groups excluding carboxylic acids is 2. The van der Waals surface area contributed by atoms with Crippen LogP contribution in [0.4, 0.5) is 24.5 Å². The highest BCUT2D eigenvalue weighted by molar-refractivity contribution is 6.39. The summed E-state index contributed by atoms with van der Waals surface area (Å²) in [7, 11) is 1.13. The van der Waals surface area contributed by atoms with Gasteiger partial charge >= 0.3 is 18.2 Å². The van der Waals surface area contributed by atoms with Crippen molar-refractivity contribution in [3.63, 3.8) is 0 Å². The van der Waals surface area contributed by atoms with E-state index in [9.17, 15) is 22.8 Å². The zero-order valence-corrected chi connectivity index (χ0v) is 19.6. The van der Waals surface area contributed by atoms with Crippen LogP contribution in [0.1, 0.15) is 26.3 Å². The molecule has 0 heterocycles. The quantitative estimate of drug-likeness (QED) is 0.303. The lowest BCUT2D eigenvalue weighted by atomic mass is 9.87. The van der Waals surface area contributed by atoms with Crippen LogP contribution in [-0.4, -0.2) is 25.3 Å². The standard InChI is InChI=1S/C26H24F3NO5/c1-25(2,3)17-5-7-18(8-6-17)30(23(31)24(32)33-4)19-9-11-20(12-10-19)34-21-13-15-22(16-14-21)35-26(27,28)29/h5-16H,1-4H3. The molecule has 3 aromatic rings. The molecule has 0 saturated heterocycles. The number of carbonyl (C=O) groups is 2. The van der Waals surface area contributed by atoms with Gasteiger partial charge in [-0.15, -0.1) is 13.2 Å². The number of amides is 1. The fourth-order valence-corrected chi connectivity index (χ4v) is 3.18. The molecule has 0 N–H and O–H groups in total. The van der Waals surface area contributed by atoms with Crippen LogP contribution in [0.15, 0.2) is 72.8 Å². The van der Waals surface area contributed by atoms with Crippen LogP contribution >= 0.6 is 0 Å². The maximum Gasteiger partial charge on any atom is 0.573 e. The second-order valence-electron chi connectivity index (χ2n) is 8.54. The van der Waals surface area contributed by atoms with Gasteiger partial charge in [0.2, 0.25) is 0 Å². The van der Waals surface area contributed by atoms with Gasteiger partial charge in [-0.3, -0.25) is 9.69 Å². The van der Waals surface area contributed by atoms with Crippen LogP contribution in [0.3, 0.4) is 0 Å². The van der Waals surface area contributed by atoms with Crippen molar-refractivity contribution in [3.05, 3.63) is 78.4 Å². The van der Waals surface area contributed by atoms with Gasteiger partial charge in [-0.2, -0.15) is 0 Å². The number of methoxy groups -OCH3 is 1. The minimum Gasteiger partial charge on any atom is -0.462 e. The number of rotatable bonds is 5. The summed E-state index contributed by atoms with van der Waals surface area (Å²) >= 11 is 0. The van der Waals surface area contributed by atoms with E-state index < -0.39 is 18.2 Å². The van der Waals surface area contributed by atoms with Gasteiger partial charge in [0.25, 0.3) is 0 Å². The molecule has 0 radical (unpaired) electrons. The zero-order valence-electron chi connectivity index (χ0n) is 19.6. The first kappa shape index (κ1) is 25.6. The molecule has 0 atom stereocenters. The van der Waals surface area contributed by atoms with E-state index in [-0.39, 0.29) is 16.9 Å². The molecule has 3 rings (SSSR count). The Morgan fingerprint density at radius 1 is 0.714 bits per heavy atom. The van der Waals surface area contributed by atoms with Crippen molar-refractivity contribution < 1.29 is 37.0 Å². The van der Waals surface area contributed by atoms with Crippen molar-refractivity contribution in [3.8, 4) is 17.2 Å². The lowest BCUT2D eigenvalue weighted by Gasteiger charge is -2.24. The van der Waals surface area contributed by atoms with Crippen LogP contribution in [0.2, 0.25) is 0 Å². The first-order valence-corrected chi connectivity index (χ1v) is 10.5. The number of benzene rings is 3. The molecule has 0 aliphatic heterocycles. The van der Waals surface area contributed by atoms with Gasteiger partial charge in [0, 0.05) is 11.4 Å². The van der Waals surface area contributed by atoms with Crippen molar-refractivity contribution in [1.82, 2.24) is 0 Å². The molecule has 0 unspecified atom stereocenters. The Balaban J connectivity index is 1.83. The topological polar surface area (TPSA) is 65.1 Å². The van der Waals surface area contributed by atoms with Crippen LogP contribution in [0.5, 0.6) is 17.2 Å². The number of hydrogen-bond donors (Lipinski definition) is 0. The van der Waals surface area contributed by atoms with Gasteiger partial charge in [-0.1, -0.05) is 32.9 Å². The highest BCUT2D eigenvalue weighted by atomic mass is 19.4. The molecule has 35 heavy (non-hydrogen) atoms. The molecule has 6 nitrogen and oxygen atoms in total. The van der Waals surface area contributed by atoms with Crippen molar-refractivity contribution >= 4 is 23.3 Å². The summed E-state index contributed by atoms with van der Waals surface area (Å²) in [6.45, 7) is 6.19. The molecule has 184 valence electrons. The van der Waals surface area contributed by atoms with Crippen LogP contribution in [0.25, 0.3) is 0 Å². The van der Waals surface area contributed by atoms with Gasteiger partial charge in [-0.05, 0) is 71.6 Å². The normalized spacial score (nSPS) is 11.5. The number of esters is 1. The molecule has 3 aromatic carbocycles. The molecule has 1 amide bonds. The number of hydrogen-bond acceptors (Lipinski definition) is 5. The monoisotopic (exact) mass is 487 g/mol. The van der Waals surface area contributed by atoms with Crippen molar-refractivity contribution in [1.29, 1.82) is 0 Å². The van der Waals surface area contributed by atoms with E-state index in [1.165, 1.54) is 17.0 Å². The second kappa shape index (κ2) is 10.1. The first-order chi connectivity index (χ1) is 16.4. The summed E-state index contributed by atoms with van der Waals surface area (Å²) in [5.41, 5.74) is 1.83. The smallest absolute Gasteiger partial charge is 0.462 e. The van der Waals surface area contributed by atoms with E-state index in [4.69, 9.17) is 4.74 Å². The number of halogens is 3. The number of ether oxygens (including phenoxy) is 3. The molecule has 0 spiro atoms. The highest BCUT2D eigenvalue weighted by Gasteiger charge is 2.31. The minimum atomic E-state index is -4.78. The maximum absolute atomic E-state index is 12.8. The van der Waals surface area contributed by atoms with Crippen LogP contribution in [0, 0.1) is 0 Å². The largest absolute Gasteiger partial charge is 0.573 e. The number of alkyl halides is 3. The molecule has 0 saturated carbocycles. The summed E-state index contributed by atoms with van der Waals surface area (Å²) in [6, 6.07) is 18.5. The van der Waals surface area contributed by atoms with E-state index >= 15 is 0 Å². The van der Waals surface area contributed by atoms with Gasteiger partial charge < -0.3 is 14.2 Å². The van der Waals surface area contributed by atoms with E-state index in [1.54, 1.807) is 36.4 Å². The Bertz CT molecular complexity index is 1170. The Morgan fingerprint density at radius 3 is 1.57 bits per heavy atom. The molecule has 0 aliphatic rings. The number of nitrogens with zero attached hydrogens (tertiary/aromatic N) is 1. The van der Waals surface area contributed by atoms with Crippen LogP contribution < -0.4 is 14.4 Å². The molecular weight excluding hydrogens is 463 g/mol. The number of anilines is 2. The van der Waals surface area contributed by atoms with Crippen molar-refractivity contribution in [2.45, 2.75) is 32.5 Å². The average Bonchev–Trinajstić information content (AvgIpc) is 2.80. The van der Waals surface area contributed by atoms with Gasteiger partial charge in [0.05, 0.1) is 7.11 Å². The third kappa shape index (κ3) is 6.75. The van der Waals surface area contributed by atoms with E-state index in [2.05, 4.69) is 30.2 Å². The Labute approximate surface area is 200 Å². The molecule has 0 bridgehead atoms. The minimum absolute atomic E-state index is 0.0915. The van der Waals surface area contributed by atoms with Crippen LogP contribution in [-0.2, 0) is 19.7 Å². The van der Waals surface area contributed by atoms with E-state index in [0.29, 0.717) is 17.1 Å². The Hall–Kier alpha value is -4.01. The second-order valence-corrected chi connectivity index (χ2v) is 8.54. The summed E-state index contributed by atoms with van der Waals surface area (Å²) in [6.07, 6.45) is -4.78. The Kier molecular flexibility index (Phi) is 7.38. The van der Waals surface area contributed by atoms with Gasteiger partial charge in [0.1, 0.15) is 17.2 Å². The average molecular weight is 487 g/mol. The summed E-state index contributed by atoms with van der Waals surface area (Å²) in [5, 5.41) is 0. The maximum atomic E-state index is 12.8. The predicted octanol–water partition coefficient (Wildman–Crippen LogP) is 6.51. The third-order valence-electron chi connectivity index (χ3n) is 4.94. The van der Waals surface area contributed by atoms with Crippen molar-refractivity contribution in [2.75, 3.05) is 12.0 Å². The fourth-order valence-electron chi connectivity index (χ4n) is 3.18. The molecular formula is C26H24F3NO5. The summed E-state index contributed by atoms with van der Waals surface area (Å²) < 4.78 is 51.0. The van der Waals surface area contributed by atoms with Gasteiger partial charge in [0.15, 0.2) is 0 Å². The van der Waals surface area contributed by atoms with E-state index in [0.717, 1.165) is 24.8 Å². The fraction of sp³-hybridized carbons (Fsp3) is 0.231. The highest BCUT2D eigenvalue weighted by Crippen LogP contribution is 2.32. The molecule has 0 aliphatic carbocycles. The predicted molar refractivity (Wildman–Crippen MR) is 124 cm³/mol. The lowest BCUT2D eigenvalue weighted by Crippen LogP contribution is -2.33. The third-order valence-corrected chi connectivity index (χ3v) is 4.94. The first-order valence-electron chi connectivity index (χ1n) is 10.5. The lowest BCUT2D eigenvalue weighted by molar-refractivity contribution is -0.274.